The van der Waals surface area contributed by atoms with Crippen molar-refractivity contribution in [2.75, 3.05) is 11.9 Å². The van der Waals surface area contributed by atoms with Crippen LogP contribution in [0.1, 0.15) is 31.6 Å². The fourth-order valence-corrected chi connectivity index (χ4v) is 2.52. The third kappa shape index (κ3) is 4.27. The van der Waals surface area contributed by atoms with Gasteiger partial charge in [0.2, 0.25) is 5.89 Å². The Labute approximate surface area is 151 Å². The van der Waals surface area contributed by atoms with E-state index < -0.39 is 0 Å². The Morgan fingerprint density at radius 3 is 2.69 bits per heavy atom. The smallest absolute Gasteiger partial charge is 0.320 e. The van der Waals surface area contributed by atoms with Crippen molar-refractivity contribution in [2.45, 2.75) is 33.2 Å². The molecule has 8 heteroatoms. The molecule has 8 nitrogen and oxygen atoms in total. The number of nitrogens with one attached hydrogen (secondary N) is 2. The van der Waals surface area contributed by atoms with Crippen LogP contribution in [0.5, 0.6) is 0 Å². The number of urea groups is 1. The molecule has 0 atom stereocenters. The van der Waals surface area contributed by atoms with Gasteiger partial charge in [0.15, 0.2) is 5.82 Å². The maximum absolute atomic E-state index is 12.2. The van der Waals surface area contributed by atoms with Crippen molar-refractivity contribution in [3.63, 3.8) is 0 Å². The highest BCUT2D eigenvalue weighted by atomic mass is 16.5. The summed E-state index contributed by atoms with van der Waals surface area (Å²) in [5.74, 6) is 1.73. The van der Waals surface area contributed by atoms with E-state index in [-0.39, 0.29) is 12.1 Å². The third-order valence-electron chi connectivity index (χ3n) is 3.73. The summed E-state index contributed by atoms with van der Waals surface area (Å²) in [6.45, 7) is 6.19. The first-order valence-corrected chi connectivity index (χ1v) is 8.52. The number of aryl methyl sites for hydroxylation is 1. The fraction of sp³-hybridized carbons (Fsp3) is 0.333. The van der Waals surface area contributed by atoms with E-state index >= 15 is 0 Å². The number of benzene rings is 1. The van der Waals surface area contributed by atoms with Gasteiger partial charge in [-0.1, -0.05) is 35.5 Å². The first kappa shape index (κ1) is 17.7. The van der Waals surface area contributed by atoms with Gasteiger partial charge in [0.1, 0.15) is 5.82 Å². The highest BCUT2D eigenvalue weighted by molar-refractivity contribution is 5.89. The Bertz CT molecular complexity index is 869. The molecule has 0 radical (unpaired) electrons. The van der Waals surface area contributed by atoms with Crippen LogP contribution in [0.25, 0.3) is 11.3 Å². The largest absolute Gasteiger partial charge is 0.339 e. The Hall–Kier alpha value is -3.16. The second-order valence-electron chi connectivity index (χ2n) is 6.19. The summed E-state index contributed by atoms with van der Waals surface area (Å²) in [6.07, 6.45) is 0.479. The summed E-state index contributed by atoms with van der Waals surface area (Å²) < 4.78 is 6.82. The van der Waals surface area contributed by atoms with Gasteiger partial charge >= 0.3 is 6.03 Å². The molecule has 0 saturated carbocycles. The third-order valence-corrected chi connectivity index (χ3v) is 3.73. The van der Waals surface area contributed by atoms with Gasteiger partial charge in [0.25, 0.3) is 0 Å². The molecule has 2 N–H and O–H groups in total. The van der Waals surface area contributed by atoms with Gasteiger partial charge in [-0.25, -0.2) is 9.48 Å². The topological polar surface area (TPSA) is 97.9 Å². The molecule has 0 saturated heterocycles. The van der Waals surface area contributed by atoms with Gasteiger partial charge in [-0.2, -0.15) is 10.1 Å². The van der Waals surface area contributed by atoms with Crippen molar-refractivity contribution in [2.24, 2.45) is 0 Å². The number of hydrogen-bond acceptors (Lipinski definition) is 5. The molecular weight excluding hydrogens is 332 g/mol. The van der Waals surface area contributed by atoms with E-state index in [1.165, 1.54) is 0 Å². The Morgan fingerprint density at radius 1 is 1.27 bits per heavy atom. The standard InChI is InChI=1S/C18H22N6O2/c1-12(2)24-16(11-15(22-24)14-7-5-4-6-8-14)21-18(25)19-10-9-17-20-13(3)23-26-17/h4-8,11-12H,9-10H2,1-3H3,(H2,19,21,25). The van der Waals surface area contributed by atoms with Crippen molar-refractivity contribution < 1.29 is 9.32 Å². The van der Waals surface area contributed by atoms with Gasteiger partial charge in [-0.05, 0) is 20.8 Å². The zero-order valence-corrected chi connectivity index (χ0v) is 15.1. The normalized spacial score (nSPS) is 10.9. The van der Waals surface area contributed by atoms with Gasteiger partial charge < -0.3 is 9.84 Å². The Balaban J connectivity index is 1.64. The number of nitrogens with zero attached hydrogens (tertiary/aromatic N) is 4. The number of anilines is 1. The van der Waals surface area contributed by atoms with Crippen LogP contribution in [0.15, 0.2) is 40.9 Å². The lowest BCUT2D eigenvalue weighted by atomic mass is 10.2. The van der Waals surface area contributed by atoms with Crippen molar-refractivity contribution in [1.29, 1.82) is 0 Å². The van der Waals surface area contributed by atoms with Crippen LogP contribution < -0.4 is 10.6 Å². The predicted molar refractivity (Wildman–Crippen MR) is 97.8 cm³/mol. The van der Waals surface area contributed by atoms with Crippen LogP contribution in [0.4, 0.5) is 10.6 Å². The van der Waals surface area contributed by atoms with Crippen LogP contribution in [0.2, 0.25) is 0 Å². The van der Waals surface area contributed by atoms with E-state index in [0.29, 0.717) is 30.5 Å². The number of carbonyl (C=O) groups excluding carboxylic acids is 1. The van der Waals surface area contributed by atoms with E-state index in [9.17, 15) is 4.79 Å². The van der Waals surface area contributed by atoms with Crippen LogP contribution in [0.3, 0.4) is 0 Å². The quantitative estimate of drug-likeness (QED) is 0.708. The SMILES string of the molecule is Cc1noc(CCNC(=O)Nc2cc(-c3ccccc3)nn2C(C)C)n1. The summed E-state index contributed by atoms with van der Waals surface area (Å²) in [5.41, 5.74) is 1.82. The number of amides is 2. The lowest BCUT2D eigenvalue weighted by Gasteiger charge is -2.12. The first-order chi connectivity index (χ1) is 12.5. The molecule has 1 aromatic carbocycles. The molecule has 3 aromatic rings. The molecule has 0 aliphatic heterocycles. The van der Waals surface area contributed by atoms with Gasteiger partial charge in [0, 0.05) is 30.6 Å². The van der Waals surface area contributed by atoms with Crippen molar-refractivity contribution in [1.82, 2.24) is 25.2 Å². The molecule has 0 aliphatic carbocycles. The molecule has 2 aromatic heterocycles. The van der Waals surface area contributed by atoms with E-state index in [2.05, 4.69) is 25.9 Å². The molecule has 26 heavy (non-hydrogen) atoms. The summed E-state index contributed by atoms with van der Waals surface area (Å²) in [4.78, 5) is 16.3. The summed E-state index contributed by atoms with van der Waals surface area (Å²) in [6, 6.07) is 11.5. The number of rotatable bonds is 6. The van der Waals surface area contributed by atoms with E-state index in [4.69, 9.17) is 4.52 Å². The fourth-order valence-electron chi connectivity index (χ4n) is 2.52. The summed E-state index contributed by atoms with van der Waals surface area (Å²) in [7, 11) is 0. The van der Waals surface area contributed by atoms with E-state index in [1.807, 2.05) is 50.2 Å². The van der Waals surface area contributed by atoms with E-state index in [1.54, 1.807) is 11.6 Å². The van der Waals surface area contributed by atoms with Crippen molar-refractivity contribution in [3.05, 3.63) is 48.1 Å². The lowest BCUT2D eigenvalue weighted by Crippen LogP contribution is -2.31. The molecule has 2 amide bonds. The van der Waals surface area contributed by atoms with Gasteiger partial charge in [-0.3, -0.25) is 5.32 Å². The molecule has 0 bridgehead atoms. The molecule has 2 heterocycles. The predicted octanol–water partition coefficient (Wildman–Crippen LogP) is 3.19. The first-order valence-electron chi connectivity index (χ1n) is 8.52. The Kier molecular flexibility index (Phi) is 5.31. The zero-order valence-electron chi connectivity index (χ0n) is 15.1. The molecule has 0 fully saturated rings. The molecule has 136 valence electrons. The van der Waals surface area contributed by atoms with Gasteiger partial charge in [0.05, 0.1) is 5.69 Å². The molecule has 0 unspecified atom stereocenters. The summed E-state index contributed by atoms with van der Waals surface area (Å²) >= 11 is 0. The van der Waals surface area contributed by atoms with E-state index in [0.717, 1.165) is 11.3 Å². The summed E-state index contributed by atoms with van der Waals surface area (Å²) in [5, 5.41) is 14.0. The highest BCUT2D eigenvalue weighted by Crippen LogP contribution is 2.24. The van der Waals surface area contributed by atoms with Crippen molar-refractivity contribution >= 4 is 11.8 Å². The Morgan fingerprint density at radius 2 is 2.04 bits per heavy atom. The second kappa shape index (κ2) is 7.81. The monoisotopic (exact) mass is 354 g/mol. The second-order valence-corrected chi connectivity index (χ2v) is 6.19. The average molecular weight is 354 g/mol. The van der Waals surface area contributed by atoms with Crippen molar-refractivity contribution in [3.8, 4) is 11.3 Å². The van der Waals surface area contributed by atoms with Crippen LogP contribution in [0, 0.1) is 6.92 Å². The minimum absolute atomic E-state index is 0.115. The number of aromatic nitrogens is 4. The molecule has 3 rings (SSSR count). The molecular formula is C18H22N6O2. The lowest BCUT2D eigenvalue weighted by molar-refractivity contribution is 0.251. The zero-order chi connectivity index (χ0) is 18.5. The minimum atomic E-state index is -0.303. The van der Waals surface area contributed by atoms with Crippen LogP contribution in [-0.4, -0.2) is 32.5 Å². The maximum Gasteiger partial charge on any atom is 0.320 e. The highest BCUT2D eigenvalue weighted by Gasteiger charge is 2.14. The minimum Gasteiger partial charge on any atom is -0.339 e. The number of hydrogen-bond donors (Lipinski definition) is 2. The maximum atomic E-state index is 12.2. The molecule has 0 spiro atoms. The van der Waals surface area contributed by atoms with Crippen LogP contribution >= 0.6 is 0 Å². The average Bonchev–Trinajstić information content (AvgIpc) is 3.22. The van der Waals surface area contributed by atoms with Crippen LogP contribution in [-0.2, 0) is 6.42 Å². The number of carbonyl (C=O) groups is 1. The molecule has 0 aliphatic rings. The van der Waals surface area contributed by atoms with Gasteiger partial charge in [-0.15, -0.1) is 0 Å².